The molecule has 1 aromatic carbocycles. The fourth-order valence-corrected chi connectivity index (χ4v) is 2.26. The lowest BCUT2D eigenvalue weighted by molar-refractivity contribution is 0.305. The predicted molar refractivity (Wildman–Crippen MR) is 76.2 cm³/mol. The van der Waals surface area contributed by atoms with Gasteiger partial charge in [-0.05, 0) is 42.9 Å². The van der Waals surface area contributed by atoms with E-state index in [1.165, 1.54) is 6.07 Å². The number of rotatable bonds is 6. The zero-order valence-corrected chi connectivity index (χ0v) is 12.4. The zero-order valence-electron chi connectivity index (χ0n) is 12.4. The van der Waals surface area contributed by atoms with Crippen molar-refractivity contribution in [2.45, 2.75) is 53.0 Å². The van der Waals surface area contributed by atoms with E-state index in [-0.39, 0.29) is 11.5 Å². The summed E-state index contributed by atoms with van der Waals surface area (Å²) in [5, 5.41) is 3.46. The molecule has 0 aromatic heterocycles. The molecular weight excluding hydrogens is 244 g/mol. The number of halogens is 2. The van der Waals surface area contributed by atoms with Crippen molar-refractivity contribution in [1.29, 1.82) is 0 Å². The van der Waals surface area contributed by atoms with Gasteiger partial charge in [-0.2, -0.15) is 0 Å². The van der Waals surface area contributed by atoms with Gasteiger partial charge in [0.2, 0.25) is 0 Å². The normalized spacial score (nSPS) is 13.6. The van der Waals surface area contributed by atoms with Crippen LogP contribution in [0.3, 0.4) is 0 Å². The van der Waals surface area contributed by atoms with Crippen molar-refractivity contribution in [3.05, 3.63) is 35.4 Å². The van der Waals surface area contributed by atoms with Gasteiger partial charge in [0.25, 0.3) is 0 Å². The van der Waals surface area contributed by atoms with Gasteiger partial charge in [0.15, 0.2) is 0 Å². The fourth-order valence-electron chi connectivity index (χ4n) is 2.26. The highest BCUT2D eigenvalue weighted by atomic mass is 19.1. The highest BCUT2D eigenvalue weighted by Gasteiger charge is 2.19. The number of hydrogen-bond donors (Lipinski definition) is 1. The smallest absolute Gasteiger partial charge is 0.129 e. The van der Waals surface area contributed by atoms with E-state index in [1.807, 2.05) is 0 Å². The molecule has 0 spiro atoms. The molecule has 0 saturated carbocycles. The topological polar surface area (TPSA) is 12.0 Å². The van der Waals surface area contributed by atoms with E-state index in [4.69, 9.17) is 0 Å². The summed E-state index contributed by atoms with van der Waals surface area (Å²) in [5.41, 5.74) is 0.765. The van der Waals surface area contributed by atoms with Crippen molar-refractivity contribution in [2.24, 2.45) is 5.41 Å². The predicted octanol–water partition coefficient (Wildman–Crippen LogP) is 4.31. The zero-order chi connectivity index (χ0) is 14.5. The lowest BCUT2D eigenvalue weighted by Crippen LogP contribution is -2.35. The molecule has 3 heteroatoms. The van der Waals surface area contributed by atoms with Crippen LogP contribution in [0.5, 0.6) is 0 Å². The second kappa shape index (κ2) is 6.99. The maximum Gasteiger partial charge on any atom is 0.129 e. The third kappa shape index (κ3) is 6.15. The minimum atomic E-state index is -0.518. The van der Waals surface area contributed by atoms with Gasteiger partial charge >= 0.3 is 0 Å². The molecule has 0 saturated heterocycles. The summed E-state index contributed by atoms with van der Waals surface area (Å²) in [5.74, 6) is -0.965. The molecule has 0 amide bonds. The lowest BCUT2D eigenvalue weighted by Gasteiger charge is -2.27. The first-order valence-corrected chi connectivity index (χ1v) is 6.99. The molecule has 1 unspecified atom stereocenters. The molecule has 1 nitrogen and oxygen atoms in total. The van der Waals surface area contributed by atoms with Gasteiger partial charge in [-0.15, -0.1) is 0 Å². The van der Waals surface area contributed by atoms with Crippen LogP contribution in [-0.2, 0) is 6.42 Å². The highest BCUT2D eigenvalue weighted by molar-refractivity contribution is 5.19. The first-order valence-electron chi connectivity index (χ1n) is 6.99. The Morgan fingerprint density at radius 1 is 1.21 bits per heavy atom. The summed E-state index contributed by atoms with van der Waals surface area (Å²) >= 11 is 0. The van der Waals surface area contributed by atoms with Crippen molar-refractivity contribution in [3.63, 3.8) is 0 Å². The van der Waals surface area contributed by atoms with Gasteiger partial charge in [-0.25, -0.2) is 8.78 Å². The van der Waals surface area contributed by atoms with Crippen LogP contribution in [0.2, 0.25) is 0 Å². The van der Waals surface area contributed by atoms with Crippen LogP contribution < -0.4 is 5.32 Å². The van der Waals surface area contributed by atoms with Crippen LogP contribution in [0, 0.1) is 17.0 Å². The van der Waals surface area contributed by atoms with Crippen molar-refractivity contribution in [1.82, 2.24) is 5.32 Å². The number of benzene rings is 1. The number of hydrogen-bond acceptors (Lipinski definition) is 1. The highest BCUT2D eigenvalue weighted by Crippen LogP contribution is 2.23. The molecule has 1 rings (SSSR count). The quantitative estimate of drug-likeness (QED) is 0.811. The summed E-state index contributed by atoms with van der Waals surface area (Å²) in [4.78, 5) is 0. The van der Waals surface area contributed by atoms with Crippen molar-refractivity contribution in [3.8, 4) is 0 Å². The second-order valence-corrected chi connectivity index (χ2v) is 6.36. The van der Waals surface area contributed by atoms with E-state index in [9.17, 15) is 8.78 Å². The molecular formula is C16H25F2N. The third-order valence-electron chi connectivity index (χ3n) is 3.02. The van der Waals surface area contributed by atoms with Crippen LogP contribution in [-0.4, -0.2) is 12.6 Å². The van der Waals surface area contributed by atoms with Crippen LogP contribution in [0.25, 0.3) is 0 Å². The minimum Gasteiger partial charge on any atom is -0.314 e. The monoisotopic (exact) mass is 269 g/mol. The Hall–Kier alpha value is -0.960. The van der Waals surface area contributed by atoms with Crippen LogP contribution in [0.4, 0.5) is 8.78 Å². The van der Waals surface area contributed by atoms with Gasteiger partial charge in [0.1, 0.15) is 11.6 Å². The SMILES string of the molecule is CCCNC(Cc1ccc(F)cc1F)CC(C)(C)C. The van der Waals surface area contributed by atoms with Crippen molar-refractivity contribution in [2.75, 3.05) is 6.54 Å². The molecule has 0 aliphatic rings. The van der Waals surface area contributed by atoms with Crippen LogP contribution in [0.15, 0.2) is 18.2 Å². The minimum absolute atomic E-state index is 0.182. The van der Waals surface area contributed by atoms with Crippen LogP contribution >= 0.6 is 0 Å². The maximum atomic E-state index is 13.7. The molecule has 1 N–H and O–H groups in total. The van der Waals surface area contributed by atoms with Crippen molar-refractivity contribution >= 4 is 0 Å². The average molecular weight is 269 g/mol. The Bertz CT molecular complexity index is 396. The van der Waals surface area contributed by atoms with E-state index in [0.29, 0.717) is 12.0 Å². The molecule has 0 aliphatic carbocycles. The summed E-state index contributed by atoms with van der Waals surface area (Å²) in [6.45, 7) is 9.56. The van der Waals surface area contributed by atoms with Gasteiger partial charge in [-0.3, -0.25) is 0 Å². The fraction of sp³-hybridized carbons (Fsp3) is 0.625. The summed E-state index contributed by atoms with van der Waals surface area (Å²) in [6.07, 6.45) is 2.61. The average Bonchev–Trinajstić information content (AvgIpc) is 2.27. The van der Waals surface area contributed by atoms with E-state index < -0.39 is 11.6 Å². The third-order valence-corrected chi connectivity index (χ3v) is 3.02. The molecule has 108 valence electrons. The second-order valence-electron chi connectivity index (χ2n) is 6.36. The molecule has 0 bridgehead atoms. The number of nitrogens with one attached hydrogen (secondary N) is 1. The van der Waals surface area contributed by atoms with E-state index in [0.717, 1.165) is 25.5 Å². The molecule has 1 atom stereocenters. The molecule has 0 heterocycles. The molecule has 1 aromatic rings. The molecule has 19 heavy (non-hydrogen) atoms. The van der Waals surface area contributed by atoms with E-state index in [2.05, 4.69) is 33.0 Å². The van der Waals surface area contributed by atoms with E-state index >= 15 is 0 Å². The first kappa shape index (κ1) is 16.1. The molecule has 0 radical (unpaired) electrons. The Balaban J connectivity index is 2.75. The van der Waals surface area contributed by atoms with E-state index in [1.54, 1.807) is 6.07 Å². The van der Waals surface area contributed by atoms with Gasteiger partial charge in [0, 0.05) is 12.1 Å². The summed E-state index contributed by atoms with van der Waals surface area (Å²) < 4.78 is 26.6. The largest absolute Gasteiger partial charge is 0.314 e. The Labute approximate surface area is 115 Å². The summed E-state index contributed by atoms with van der Waals surface area (Å²) in [7, 11) is 0. The van der Waals surface area contributed by atoms with Gasteiger partial charge < -0.3 is 5.32 Å². The van der Waals surface area contributed by atoms with Gasteiger partial charge in [0.05, 0.1) is 0 Å². The lowest BCUT2D eigenvalue weighted by atomic mass is 9.85. The Morgan fingerprint density at radius 2 is 1.89 bits per heavy atom. The summed E-state index contributed by atoms with van der Waals surface area (Å²) in [6, 6.07) is 4.06. The van der Waals surface area contributed by atoms with Crippen LogP contribution in [0.1, 0.15) is 46.1 Å². The Morgan fingerprint density at radius 3 is 2.42 bits per heavy atom. The Kier molecular flexibility index (Phi) is 5.92. The van der Waals surface area contributed by atoms with Crippen molar-refractivity contribution < 1.29 is 8.78 Å². The maximum absolute atomic E-state index is 13.7. The van der Waals surface area contributed by atoms with Gasteiger partial charge in [-0.1, -0.05) is 33.8 Å². The first-order chi connectivity index (χ1) is 8.81. The standard InChI is InChI=1S/C16H25F2N/c1-5-8-19-14(11-16(2,3)4)9-12-6-7-13(17)10-15(12)18/h6-7,10,14,19H,5,8-9,11H2,1-4H3. The molecule has 0 fully saturated rings. The molecule has 0 aliphatic heterocycles.